The molecule has 0 radical (unpaired) electrons. The first-order valence-electron chi connectivity index (χ1n) is 6.12. The van der Waals surface area contributed by atoms with Gasteiger partial charge in [-0.25, -0.2) is 19.2 Å². The third-order valence-corrected chi connectivity index (χ3v) is 3.50. The highest BCUT2D eigenvalue weighted by atomic mass is 35.5. The molecule has 102 valence electrons. The van der Waals surface area contributed by atoms with Crippen molar-refractivity contribution in [3.8, 4) is 11.4 Å². The molecule has 1 aromatic carbocycles. The van der Waals surface area contributed by atoms with Crippen LogP contribution >= 0.6 is 11.6 Å². The molecular weight excluding hydrogens is 283 g/mol. The topological polar surface area (TPSA) is 63.1 Å². The van der Waals surface area contributed by atoms with Crippen molar-refractivity contribution in [3.63, 3.8) is 0 Å². The van der Waals surface area contributed by atoms with Gasteiger partial charge in [0, 0.05) is 17.7 Å². The highest BCUT2D eigenvalue weighted by molar-refractivity contribution is 6.33. The van der Waals surface area contributed by atoms with Crippen LogP contribution in [0.5, 0.6) is 0 Å². The number of hydrogen-bond donors (Lipinski definition) is 1. The van der Waals surface area contributed by atoms with E-state index in [-0.39, 0.29) is 16.5 Å². The fraction of sp³-hybridized carbons (Fsp3) is 0.214. The molecule has 1 fully saturated rings. The molecule has 2 aromatic rings. The average Bonchev–Trinajstić information content (AvgIpc) is 3.22. The average molecular weight is 293 g/mol. The van der Waals surface area contributed by atoms with Crippen molar-refractivity contribution in [1.82, 2.24) is 9.97 Å². The minimum atomic E-state index is -1.04. The van der Waals surface area contributed by atoms with E-state index in [0.29, 0.717) is 17.1 Å². The molecule has 1 aromatic heterocycles. The first-order chi connectivity index (χ1) is 9.56. The zero-order valence-electron chi connectivity index (χ0n) is 10.3. The lowest BCUT2D eigenvalue weighted by Crippen LogP contribution is -2.06. The van der Waals surface area contributed by atoms with Gasteiger partial charge >= 0.3 is 5.97 Å². The quantitative estimate of drug-likeness (QED) is 0.940. The lowest BCUT2D eigenvalue weighted by molar-refractivity contribution is 0.0694. The molecule has 1 aliphatic rings. The van der Waals surface area contributed by atoms with Crippen LogP contribution in [0.1, 0.15) is 34.8 Å². The summed E-state index contributed by atoms with van der Waals surface area (Å²) in [7, 11) is 0. The number of aromatic nitrogens is 2. The summed E-state index contributed by atoms with van der Waals surface area (Å²) >= 11 is 5.98. The fourth-order valence-corrected chi connectivity index (χ4v) is 2.28. The van der Waals surface area contributed by atoms with Crippen LogP contribution in [0.2, 0.25) is 5.02 Å². The number of carbonyl (C=O) groups is 1. The summed E-state index contributed by atoms with van der Waals surface area (Å²) < 4.78 is 13.0. The summed E-state index contributed by atoms with van der Waals surface area (Å²) in [6, 6.07) is 3.94. The molecular formula is C14H10ClFN2O2. The number of aromatic carboxylic acids is 1. The van der Waals surface area contributed by atoms with Crippen LogP contribution in [-0.4, -0.2) is 21.0 Å². The van der Waals surface area contributed by atoms with Crippen LogP contribution in [0.3, 0.4) is 0 Å². The highest BCUT2D eigenvalue weighted by Crippen LogP contribution is 2.41. The Labute approximate surface area is 119 Å². The Kier molecular flexibility index (Phi) is 3.14. The number of nitrogens with zero attached hydrogens (tertiary/aromatic N) is 2. The SMILES string of the molecule is O=C(O)c1cnc(-c2ccc(F)cc2Cl)nc1C1CC1. The van der Waals surface area contributed by atoms with Crippen LogP contribution in [0.25, 0.3) is 11.4 Å². The van der Waals surface area contributed by atoms with E-state index in [9.17, 15) is 9.18 Å². The standard InChI is InChI=1S/C14H10ClFN2O2/c15-11-5-8(16)3-4-9(11)13-17-6-10(14(19)20)12(18-13)7-1-2-7/h3-7H,1-2H2,(H,19,20). The van der Waals surface area contributed by atoms with Gasteiger partial charge in [-0.1, -0.05) is 11.6 Å². The van der Waals surface area contributed by atoms with Crippen molar-refractivity contribution in [3.05, 3.63) is 46.5 Å². The maximum Gasteiger partial charge on any atom is 0.339 e. The minimum absolute atomic E-state index is 0.120. The van der Waals surface area contributed by atoms with Gasteiger partial charge in [-0.3, -0.25) is 0 Å². The molecule has 3 rings (SSSR count). The number of halogens is 2. The van der Waals surface area contributed by atoms with Gasteiger partial charge in [0.05, 0.1) is 16.3 Å². The number of rotatable bonds is 3. The number of hydrogen-bond acceptors (Lipinski definition) is 3. The molecule has 0 unspecified atom stereocenters. The minimum Gasteiger partial charge on any atom is -0.478 e. The third-order valence-electron chi connectivity index (χ3n) is 3.18. The molecule has 1 N–H and O–H groups in total. The summed E-state index contributed by atoms with van der Waals surface area (Å²) in [4.78, 5) is 19.5. The van der Waals surface area contributed by atoms with Crippen molar-refractivity contribution in [2.45, 2.75) is 18.8 Å². The Hall–Kier alpha value is -2.01. The van der Waals surface area contributed by atoms with E-state index < -0.39 is 11.8 Å². The van der Waals surface area contributed by atoms with Crippen LogP contribution < -0.4 is 0 Å². The maximum atomic E-state index is 13.0. The Morgan fingerprint density at radius 1 is 1.40 bits per heavy atom. The van der Waals surface area contributed by atoms with Crippen LogP contribution in [0.15, 0.2) is 24.4 Å². The van der Waals surface area contributed by atoms with Crippen LogP contribution in [0, 0.1) is 5.82 Å². The molecule has 0 bridgehead atoms. The van der Waals surface area contributed by atoms with Crippen molar-refractivity contribution in [2.24, 2.45) is 0 Å². The fourth-order valence-electron chi connectivity index (χ4n) is 2.03. The van der Waals surface area contributed by atoms with Crippen molar-refractivity contribution in [2.75, 3.05) is 0 Å². The molecule has 0 spiro atoms. The van der Waals surface area contributed by atoms with E-state index in [1.54, 1.807) is 0 Å². The van der Waals surface area contributed by atoms with Gasteiger partial charge in [-0.05, 0) is 31.0 Å². The predicted molar refractivity (Wildman–Crippen MR) is 71.4 cm³/mol. The van der Waals surface area contributed by atoms with E-state index >= 15 is 0 Å². The van der Waals surface area contributed by atoms with Gasteiger partial charge in [-0.2, -0.15) is 0 Å². The van der Waals surface area contributed by atoms with E-state index in [1.165, 1.54) is 24.4 Å². The zero-order valence-corrected chi connectivity index (χ0v) is 11.1. The van der Waals surface area contributed by atoms with E-state index in [1.807, 2.05) is 0 Å². The number of carboxylic acids is 1. The molecule has 20 heavy (non-hydrogen) atoms. The van der Waals surface area contributed by atoms with Gasteiger partial charge in [0.25, 0.3) is 0 Å². The first-order valence-corrected chi connectivity index (χ1v) is 6.49. The molecule has 6 heteroatoms. The summed E-state index contributed by atoms with van der Waals surface area (Å²) in [5.74, 6) is -0.990. The Morgan fingerprint density at radius 3 is 2.75 bits per heavy atom. The normalized spacial score (nSPS) is 14.3. The van der Waals surface area contributed by atoms with Gasteiger partial charge in [0.15, 0.2) is 5.82 Å². The summed E-state index contributed by atoms with van der Waals surface area (Å²) in [6.07, 6.45) is 3.14. The summed E-state index contributed by atoms with van der Waals surface area (Å²) in [6.45, 7) is 0. The molecule has 0 aliphatic heterocycles. The van der Waals surface area contributed by atoms with Crippen LogP contribution in [0.4, 0.5) is 4.39 Å². The first kappa shape index (κ1) is 13.0. The molecule has 4 nitrogen and oxygen atoms in total. The summed E-state index contributed by atoms with van der Waals surface area (Å²) in [5, 5.41) is 9.34. The Bertz CT molecular complexity index is 702. The third kappa shape index (κ3) is 2.36. The second-order valence-corrected chi connectivity index (χ2v) is 5.10. The Morgan fingerprint density at radius 2 is 2.15 bits per heavy atom. The largest absolute Gasteiger partial charge is 0.478 e. The van der Waals surface area contributed by atoms with Crippen molar-refractivity contribution < 1.29 is 14.3 Å². The molecule has 1 heterocycles. The molecule has 0 saturated heterocycles. The Balaban J connectivity index is 2.10. The second-order valence-electron chi connectivity index (χ2n) is 4.70. The number of benzene rings is 1. The van der Waals surface area contributed by atoms with Crippen LogP contribution in [-0.2, 0) is 0 Å². The molecule has 0 atom stereocenters. The second kappa shape index (κ2) is 4.83. The smallest absolute Gasteiger partial charge is 0.339 e. The lowest BCUT2D eigenvalue weighted by Gasteiger charge is -2.07. The van der Waals surface area contributed by atoms with Crippen molar-refractivity contribution >= 4 is 17.6 Å². The maximum absolute atomic E-state index is 13.0. The summed E-state index contributed by atoms with van der Waals surface area (Å²) in [5.41, 5.74) is 1.14. The number of carboxylic acid groups (broad SMARTS) is 1. The van der Waals surface area contributed by atoms with Gasteiger partial charge in [0.1, 0.15) is 5.82 Å². The lowest BCUT2D eigenvalue weighted by atomic mass is 10.1. The zero-order chi connectivity index (χ0) is 14.3. The van der Waals surface area contributed by atoms with E-state index in [2.05, 4.69) is 9.97 Å². The van der Waals surface area contributed by atoms with E-state index in [0.717, 1.165) is 12.8 Å². The van der Waals surface area contributed by atoms with E-state index in [4.69, 9.17) is 16.7 Å². The molecule has 1 saturated carbocycles. The van der Waals surface area contributed by atoms with Gasteiger partial charge in [-0.15, -0.1) is 0 Å². The van der Waals surface area contributed by atoms with Gasteiger partial charge < -0.3 is 5.11 Å². The molecule has 1 aliphatic carbocycles. The predicted octanol–water partition coefficient (Wildman–Crippen LogP) is 3.51. The van der Waals surface area contributed by atoms with Gasteiger partial charge in [0.2, 0.25) is 0 Å². The highest BCUT2D eigenvalue weighted by Gasteiger charge is 2.30. The monoisotopic (exact) mass is 292 g/mol. The van der Waals surface area contributed by atoms with Crippen molar-refractivity contribution in [1.29, 1.82) is 0 Å². The molecule has 0 amide bonds.